The zero-order valence-electron chi connectivity index (χ0n) is 14.7. The van der Waals surface area contributed by atoms with Crippen molar-refractivity contribution in [2.24, 2.45) is 0 Å². The molecule has 25 heavy (non-hydrogen) atoms. The minimum Gasteiger partial charge on any atom is -0.390 e. The van der Waals surface area contributed by atoms with Crippen LogP contribution in [0.1, 0.15) is 5.69 Å². The molecule has 138 valence electrons. The number of β-amino-alcohol motifs (C(OH)–C–C–N with tert-alkyl or cyclic N) is 1. The van der Waals surface area contributed by atoms with Gasteiger partial charge in [0.25, 0.3) is 0 Å². The van der Waals surface area contributed by atoms with Crippen LogP contribution in [0.3, 0.4) is 0 Å². The molecule has 9 heteroatoms. The number of aliphatic hydroxyl groups excluding tert-OH is 1. The molecule has 0 saturated carbocycles. The fraction of sp³-hybridized carbons (Fsp3) is 0.688. The molecule has 2 fully saturated rings. The van der Waals surface area contributed by atoms with Crippen molar-refractivity contribution >= 4 is 17.7 Å². The van der Waals surface area contributed by atoms with Gasteiger partial charge in [0.15, 0.2) is 0 Å². The van der Waals surface area contributed by atoms with E-state index in [4.69, 9.17) is 5.73 Å². The maximum Gasteiger partial charge on any atom is 0.236 e. The van der Waals surface area contributed by atoms with Crippen LogP contribution in [-0.4, -0.2) is 95.8 Å². The van der Waals surface area contributed by atoms with Crippen LogP contribution in [0.5, 0.6) is 0 Å². The molecule has 3 heterocycles. The zero-order valence-corrected chi connectivity index (χ0v) is 14.7. The Kier molecular flexibility index (Phi) is 5.67. The number of nitrogen functional groups attached to an aromatic ring is 1. The molecule has 1 amide bonds. The molecule has 0 aromatic carbocycles. The van der Waals surface area contributed by atoms with Crippen LogP contribution >= 0.6 is 0 Å². The van der Waals surface area contributed by atoms with Crippen molar-refractivity contribution in [3.8, 4) is 0 Å². The molecule has 1 aromatic rings. The third kappa shape index (κ3) is 4.77. The van der Waals surface area contributed by atoms with Crippen LogP contribution in [-0.2, 0) is 4.79 Å². The van der Waals surface area contributed by atoms with Crippen LogP contribution in [0.15, 0.2) is 6.07 Å². The molecule has 1 aromatic heterocycles. The van der Waals surface area contributed by atoms with Crippen molar-refractivity contribution in [3.63, 3.8) is 0 Å². The van der Waals surface area contributed by atoms with Crippen molar-refractivity contribution in [2.45, 2.75) is 13.0 Å². The molecule has 1 atom stereocenters. The number of piperazine rings is 1. The molecule has 3 rings (SSSR count). The van der Waals surface area contributed by atoms with Gasteiger partial charge in [0, 0.05) is 64.1 Å². The lowest BCUT2D eigenvalue weighted by atomic mass is 10.3. The Labute approximate surface area is 147 Å². The number of anilines is 2. The number of hydrogen-bond acceptors (Lipinski definition) is 8. The molecular formula is C16H27N7O2. The quantitative estimate of drug-likeness (QED) is 0.591. The van der Waals surface area contributed by atoms with E-state index in [0.717, 1.165) is 37.7 Å². The van der Waals surface area contributed by atoms with Crippen molar-refractivity contribution in [1.82, 2.24) is 25.1 Å². The highest BCUT2D eigenvalue weighted by Crippen LogP contribution is 2.16. The van der Waals surface area contributed by atoms with Gasteiger partial charge in [-0.05, 0) is 6.92 Å². The number of nitrogens with two attached hydrogens (primary N) is 1. The molecule has 1 unspecified atom stereocenters. The number of carbonyl (C=O) groups is 1. The molecule has 0 bridgehead atoms. The van der Waals surface area contributed by atoms with Crippen molar-refractivity contribution < 1.29 is 9.90 Å². The highest BCUT2D eigenvalue weighted by Gasteiger charge is 2.25. The van der Waals surface area contributed by atoms with E-state index < -0.39 is 6.10 Å². The Morgan fingerprint density at radius 3 is 2.76 bits per heavy atom. The zero-order chi connectivity index (χ0) is 17.8. The second kappa shape index (κ2) is 7.94. The van der Waals surface area contributed by atoms with Crippen molar-refractivity contribution in [3.05, 3.63) is 11.8 Å². The largest absolute Gasteiger partial charge is 0.390 e. The SMILES string of the molecule is Cc1cc(N2CCN(CC(=O)N3CCNCC3)CC(O)C2)nc(N)n1. The smallest absolute Gasteiger partial charge is 0.236 e. The summed E-state index contributed by atoms with van der Waals surface area (Å²) < 4.78 is 0. The number of carbonyl (C=O) groups excluding carboxylic acids is 1. The van der Waals surface area contributed by atoms with Crippen LogP contribution in [0.2, 0.25) is 0 Å². The number of nitrogens with zero attached hydrogens (tertiary/aromatic N) is 5. The van der Waals surface area contributed by atoms with E-state index in [1.165, 1.54) is 0 Å². The Morgan fingerprint density at radius 2 is 2.04 bits per heavy atom. The van der Waals surface area contributed by atoms with E-state index in [9.17, 15) is 9.90 Å². The first kappa shape index (κ1) is 17.8. The monoisotopic (exact) mass is 349 g/mol. The second-order valence-electron chi connectivity index (χ2n) is 6.69. The summed E-state index contributed by atoms with van der Waals surface area (Å²) in [6.45, 7) is 7.72. The first-order chi connectivity index (χ1) is 12.0. The van der Waals surface area contributed by atoms with Crippen LogP contribution in [0.4, 0.5) is 11.8 Å². The number of hydrogen-bond donors (Lipinski definition) is 3. The summed E-state index contributed by atoms with van der Waals surface area (Å²) in [6.07, 6.45) is -0.546. The molecule has 4 N–H and O–H groups in total. The standard InChI is InChI=1S/C16H27N7O2/c1-12-8-14(20-16(17)19-12)23-7-6-21(9-13(24)10-23)11-15(25)22-4-2-18-3-5-22/h8,13,18,24H,2-7,9-11H2,1H3,(H2,17,19,20). The van der Waals surface area contributed by atoms with E-state index in [2.05, 4.69) is 15.3 Å². The molecule has 9 nitrogen and oxygen atoms in total. The molecule has 2 aliphatic heterocycles. The first-order valence-electron chi connectivity index (χ1n) is 8.76. The summed E-state index contributed by atoms with van der Waals surface area (Å²) in [6, 6.07) is 1.87. The average Bonchev–Trinajstić information content (AvgIpc) is 2.76. The normalized spacial score (nSPS) is 22.7. The number of aromatic nitrogens is 2. The lowest BCUT2D eigenvalue weighted by Gasteiger charge is -2.30. The second-order valence-corrected chi connectivity index (χ2v) is 6.69. The maximum atomic E-state index is 12.5. The highest BCUT2D eigenvalue weighted by atomic mass is 16.3. The van der Waals surface area contributed by atoms with E-state index in [1.807, 2.05) is 27.7 Å². The van der Waals surface area contributed by atoms with Gasteiger partial charge in [-0.1, -0.05) is 0 Å². The summed E-state index contributed by atoms with van der Waals surface area (Å²) in [5, 5.41) is 13.6. The van der Waals surface area contributed by atoms with Gasteiger partial charge in [-0.3, -0.25) is 9.69 Å². The Bertz CT molecular complexity index is 586. The van der Waals surface area contributed by atoms with Crippen LogP contribution < -0.4 is 16.0 Å². The van der Waals surface area contributed by atoms with Gasteiger partial charge in [-0.25, -0.2) is 4.98 Å². The lowest BCUT2D eigenvalue weighted by Crippen LogP contribution is -2.50. The van der Waals surface area contributed by atoms with Gasteiger partial charge in [0.1, 0.15) is 5.82 Å². The van der Waals surface area contributed by atoms with Crippen molar-refractivity contribution in [1.29, 1.82) is 0 Å². The predicted molar refractivity (Wildman–Crippen MR) is 95.3 cm³/mol. The topological polar surface area (TPSA) is 111 Å². The molecule has 2 saturated heterocycles. The summed E-state index contributed by atoms with van der Waals surface area (Å²) in [5.41, 5.74) is 6.54. The van der Waals surface area contributed by atoms with Crippen LogP contribution in [0.25, 0.3) is 0 Å². The number of aliphatic hydroxyl groups is 1. The fourth-order valence-corrected chi connectivity index (χ4v) is 3.35. The number of nitrogens with one attached hydrogen (secondary N) is 1. The lowest BCUT2D eigenvalue weighted by molar-refractivity contribution is -0.133. The Morgan fingerprint density at radius 1 is 1.28 bits per heavy atom. The molecule has 0 spiro atoms. The van der Waals surface area contributed by atoms with E-state index in [-0.39, 0.29) is 11.9 Å². The predicted octanol–water partition coefficient (Wildman–Crippen LogP) is -1.72. The Hall–Kier alpha value is -1.97. The van der Waals surface area contributed by atoms with E-state index in [1.54, 1.807) is 0 Å². The summed E-state index contributed by atoms with van der Waals surface area (Å²) in [4.78, 5) is 26.7. The molecule has 2 aliphatic rings. The molecule has 0 aliphatic carbocycles. The fourth-order valence-electron chi connectivity index (χ4n) is 3.35. The third-order valence-corrected chi connectivity index (χ3v) is 4.60. The summed E-state index contributed by atoms with van der Waals surface area (Å²) >= 11 is 0. The van der Waals surface area contributed by atoms with E-state index in [0.29, 0.717) is 32.7 Å². The van der Waals surface area contributed by atoms with Gasteiger partial charge < -0.3 is 26.0 Å². The van der Waals surface area contributed by atoms with Crippen molar-refractivity contribution in [2.75, 3.05) is 69.5 Å². The third-order valence-electron chi connectivity index (χ3n) is 4.60. The number of rotatable bonds is 3. The highest BCUT2D eigenvalue weighted by molar-refractivity contribution is 5.78. The van der Waals surface area contributed by atoms with Crippen LogP contribution in [0, 0.1) is 6.92 Å². The van der Waals surface area contributed by atoms with Gasteiger partial charge in [0.2, 0.25) is 11.9 Å². The minimum absolute atomic E-state index is 0.129. The molecule has 0 radical (unpaired) electrons. The molecular weight excluding hydrogens is 322 g/mol. The summed E-state index contributed by atoms with van der Waals surface area (Å²) in [7, 11) is 0. The average molecular weight is 349 g/mol. The number of amides is 1. The minimum atomic E-state index is -0.546. The van der Waals surface area contributed by atoms with E-state index >= 15 is 0 Å². The summed E-state index contributed by atoms with van der Waals surface area (Å²) in [5.74, 6) is 1.09. The van der Waals surface area contributed by atoms with Gasteiger partial charge >= 0.3 is 0 Å². The Balaban J connectivity index is 1.61. The number of aryl methyl sites for hydroxylation is 1. The van der Waals surface area contributed by atoms with Gasteiger partial charge in [0.05, 0.1) is 12.6 Å². The van der Waals surface area contributed by atoms with Gasteiger partial charge in [-0.2, -0.15) is 4.98 Å². The van der Waals surface area contributed by atoms with Gasteiger partial charge in [-0.15, -0.1) is 0 Å². The first-order valence-corrected chi connectivity index (χ1v) is 8.76. The maximum absolute atomic E-state index is 12.5.